The molecule has 0 spiro atoms. The van der Waals surface area contributed by atoms with Crippen molar-refractivity contribution in [1.82, 2.24) is 15.0 Å². The number of rotatable bonds is 8. The molecule has 21 heavy (non-hydrogen) atoms. The monoisotopic (exact) mass is 311 g/mol. The van der Waals surface area contributed by atoms with Gasteiger partial charge in [0.1, 0.15) is 11.5 Å². The van der Waals surface area contributed by atoms with E-state index in [-0.39, 0.29) is 11.4 Å². The van der Waals surface area contributed by atoms with Crippen LogP contribution in [-0.2, 0) is 23.1 Å². The first-order valence-electron chi connectivity index (χ1n) is 6.94. The van der Waals surface area contributed by atoms with Gasteiger partial charge in [0.25, 0.3) is 0 Å². The largest absolute Gasteiger partial charge is 0.465 e. The zero-order valence-electron chi connectivity index (χ0n) is 12.3. The molecule has 0 saturated heterocycles. The molecule has 0 aliphatic rings. The number of hydrogen-bond donors (Lipinski definition) is 3. The second kappa shape index (κ2) is 6.93. The third-order valence-corrected chi connectivity index (χ3v) is 4.38. The number of nitrogens with one attached hydrogen (secondary N) is 3. The van der Waals surface area contributed by atoms with Gasteiger partial charge in [-0.2, -0.15) is 0 Å². The van der Waals surface area contributed by atoms with E-state index in [2.05, 4.69) is 21.9 Å². The molecule has 2 rings (SSSR count). The minimum absolute atomic E-state index is 0.144. The normalized spacial score (nSPS) is 11.9. The van der Waals surface area contributed by atoms with E-state index in [1.165, 1.54) is 6.20 Å². The molecule has 0 aliphatic carbocycles. The first-order chi connectivity index (χ1) is 10.0. The molecule has 2 aromatic heterocycles. The van der Waals surface area contributed by atoms with Crippen LogP contribution in [0, 0.1) is 6.92 Å². The zero-order valence-corrected chi connectivity index (χ0v) is 13.1. The van der Waals surface area contributed by atoms with E-state index in [1.807, 2.05) is 6.92 Å². The number of aromatic amines is 1. The van der Waals surface area contributed by atoms with Crippen LogP contribution in [0.4, 0.5) is 0 Å². The molecule has 0 bridgehead atoms. The second-order valence-corrected chi connectivity index (χ2v) is 6.64. The van der Waals surface area contributed by atoms with Gasteiger partial charge in [0.05, 0.1) is 11.4 Å². The van der Waals surface area contributed by atoms with Crippen molar-refractivity contribution in [3.63, 3.8) is 0 Å². The van der Waals surface area contributed by atoms with Crippen LogP contribution in [0.5, 0.6) is 0 Å². The summed E-state index contributed by atoms with van der Waals surface area (Å²) in [5, 5.41) is 3.22. The minimum atomic E-state index is -3.53. The highest BCUT2D eigenvalue weighted by atomic mass is 32.2. The molecule has 0 aliphatic heterocycles. The van der Waals surface area contributed by atoms with Crippen molar-refractivity contribution in [3.8, 4) is 0 Å². The lowest BCUT2D eigenvalue weighted by Crippen LogP contribution is -2.22. The highest BCUT2D eigenvalue weighted by molar-refractivity contribution is 7.89. The smallest absolute Gasteiger partial charge is 0.242 e. The maximum atomic E-state index is 12.2. The fraction of sp³-hybridized carbons (Fsp3) is 0.429. The molecule has 7 heteroatoms. The van der Waals surface area contributed by atoms with Gasteiger partial charge >= 0.3 is 0 Å². The summed E-state index contributed by atoms with van der Waals surface area (Å²) in [6.07, 6.45) is 2.54. The molecule has 3 N–H and O–H groups in total. The van der Waals surface area contributed by atoms with Crippen LogP contribution in [0.25, 0.3) is 0 Å². The first-order valence-corrected chi connectivity index (χ1v) is 8.42. The van der Waals surface area contributed by atoms with E-state index in [9.17, 15) is 8.42 Å². The van der Waals surface area contributed by atoms with Gasteiger partial charge in [-0.05, 0) is 38.1 Å². The van der Waals surface area contributed by atoms with Crippen LogP contribution in [0.1, 0.15) is 30.6 Å². The summed E-state index contributed by atoms with van der Waals surface area (Å²) in [6, 6.07) is 5.20. The molecule has 0 atom stereocenters. The summed E-state index contributed by atoms with van der Waals surface area (Å²) in [5.74, 6) is 1.35. The van der Waals surface area contributed by atoms with Gasteiger partial charge in [-0.3, -0.25) is 0 Å². The molecular formula is C14H21N3O3S. The number of H-pyrrole nitrogens is 1. The van der Waals surface area contributed by atoms with Gasteiger partial charge in [0.15, 0.2) is 0 Å². The average Bonchev–Trinajstić information content (AvgIpc) is 3.06. The molecule has 2 heterocycles. The SMILES string of the molecule is CCCNCc1cc(S(=O)(=O)NCc2ccc(C)o2)c[nH]1. The Morgan fingerprint density at radius 1 is 1.29 bits per heavy atom. The Morgan fingerprint density at radius 2 is 2.10 bits per heavy atom. The molecule has 0 radical (unpaired) electrons. The fourth-order valence-corrected chi connectivity index (χ4v) is 2.92. The lowest BCUT2D eigenvalue weighted by molar-refractivity contribution is 0.475. The summed E-state index contributed by atoms with van der Waals surface area (Å²) in [7, 11) is -3.53. The highest BCUT2D eigenvalue weighted by Gasteiger charge is 2.16. The van der Waals surface area contributed by atoms with E-state index in [0.717, 1.165) is 24.4 Å². The van der Waals surface area contributed by atoms with Crippen molar-refractivity contribution >= 4 is 10.0 Å². The minimum Gasteiger partial charge on any atom is -0.465 e. The van der Waals surface area contributed by atoms with Crippen LogP contribution < -0.4 is 10.0 Å². The molecule has 116 valence electrons. The topological polar surface area (TPSA) is 87.1 Å². The quantitative estimate of drug-likeness (QED) is 0.650. The van der Waals surface area contributed by atoms with Gasteiger partial charge in [-0.1, -0.05) is 6.92 Å². The van der Waals surface area contributed by atoms with Gasteiger partial charge in [0.2, 0.25) is 10.0 Å². The standard InChI is InChI=1S/C14H21N3O3S/c1-3-6-15-8-12-7-14(10-16-12)21(18,19)17-9-13-5-4-11(2)20-13/h4-5,7,10,15-17H,3,6,8-9H2,1-2H3. The van der Waals surface area contributed by atoms with Crippen molar-refractivity contribution in [2.24, 2.45) is 0 Å². The Morgan fingerprint density at radius 3 is 2.76 bits per heavy atom. The summed E-state index contributed by atoms with van der Waals surface area (Å²) in [6.45, 7) is 5.57. The Hall–Kier alpha value is -1.57. The number of aromatic nitrogens is 1. The predicted molar refractivity (Wildman–Crippen MR) is 80.3 cm³/mol. The number of furan rings is 1. The average molecular weight is 311 g/mol. The fourth-order valence-electron chi connectivity index (χ4n) is 1.91. The van der Waals surface area contributed by atoms with Crippen molar-refractivity contribution in [2.75, 3.05) is 6.54 Å². The summed E-state index contributed by atoms with van der Waals surface area (Å²) in [5.41, 5.74) is 0.845. The first kappa shape index (κ1) is 15.8. The Labute approximate surface area is 125 Å². The molecule has 0 unspecified atom stereocenters. The van der Waals surface area contributed by atoms with Crippen LogP contribution in [0.3, 0.4) is 0 Å². The second-order valence-electron chi connectivity index (χ2n) is 4.87. The van der Waals surface area contributed by atoms with Gasteiger partial charge < -0.3 is 14.7 Å². The van der Waals surface area contributed by atoms with Crippen molar-refractivity contribution < 1.29 is 12.8 Å². The predicted octanol–water partition coefficient (Wildman–Crippen LogP) is 1.89. The van der Waals surface area contributed by atoms with E-state index in [1.54, 1.807) is 18.2 Å². The number of hydrogen-bond acceptors (Lipinski definition) is 4. The lowest BCUT2D eigenvalue weighted by Gasteiger charge is -2.02. The summed E-state index contributed by atoms with van der Waals surface area (Å²) in [4.78, 5) is 3.20. The summed E-state index contributed by atoms with van der Waals surface area (Å²) >= 11 is 0. The molecule has 0 aromatic carbocycles. The van der Waals surface area contributed by atoms with E-state index < -0.39 is 10.0 Å². The van der Waals surface area contributed by atoms with Crippen LogP contribution in [0.2, 0.25) is 0 Å². The maximum Gasteiger partial charge on any atom is 0.242 e. The van der Waals surface area contributed by atoms with Gasteiger partial charge in [-0.15, -0.1) is 0 Å². The zero-order chi connectivity index (χ0) is 15.3. The van der Waals surface area contributed by atoms with Gasteiger partial charge in [-0.25, -0.2) is 13.1 Å². The molecular weight excluding hydrogens is 290 g/mol. The Kier molecular flexibility index (Phi) is 5.22. The summed E-state index contributed by atoms with van der Waals surface area (Å²) < 4.78 is 32.2. The lowest BCUT2D eigenvalue weighted by atomic mass is 10.4. The molecule has 0 amide bonds. The highest BCUT2D eigenvalue weighted by Crippen LogP contribution is 2.12. The molecule has 6 nitrogen and oxygen atoms in total. The molecule has 2 aromatic rings. The van der Waals surface area contributed by atoms with Crippen LogP contribution in [0.15, 0.2) is 33.7 Å². The Bertz CT molecular complexity index is 673. The molecule has 0 fully saturated rings. The van der Waals surface area contributed by atoms with Gasteiger partial charge in [0, 0.05) is 18.4 Å². The van der Waals surface area contributed by atoms with Crippen molar-refractivity contribution in [2.45, 2.75) is 38.3 Å². The van der Waals surface area contributed by atoms with Crippen LogP contribution >= 0.6 is 0 Å². The molecule has 0 saturated carbocycles. The van der Waals surface area contributed by atoms with Crippen LogP contribution in [-0.4, -0.2) is 19.9 Å². The third kappa shape index (κ3) is 4.45. The Balaban J connectivity index is 1.95. The van der Waals surface area contributed by atoms with E-state index >= 15 is 0 Å². The van der Waals surface area contributed by atoms with Crippen molar-refractivity contribution in [3.05, 3.63) is 41.6 Å². The number of aryl methyl sites for hydroxylation is 1. The van der Waals surface area contributed by atoms with E-state index in [0.29, 0.717) is 12.3 Å². The number of sulfonamides is 1. The van der Waals surface area contributed by atoms with Crippen molar-refractivity contribution in [1.29, 1.82) is 0 Å². The maximum absolute atomic E-state index is 12.2. The van der Waals surface area contributed by atoms with E-state index in [4.69, 9.17) is 4.42 Å². The third-order valence-electron chi connectivity index (χ3n) is 3.00.